The topological polar surface area (TPSA) is 67.1 Å². The molecule has 2 heterocycles. The number of rotatable bonds is 7. The summed E-state index contributed by atoms with van der Waals surface area (Å²) in [6, 6.07) is 12.6. The SMILES string of the molecule is [C-]#[N+]c1ccc(N2C(=O)N(CCCOc3ccc(-c4ccncc4)c(F)c3)C(C)(C)C2=O)cc1C. The van der Waals surface area contributed by atoms with Gasteiger partial charge in [-0.05, 0) is 74.7 Å². The van der Waals surface area contributed by atoms with Crippen molar-refractivity contribution >= 4 is 23.3 Å². The number of urea groups is 1. The number of benzene rings is 2. The lowest BCUT2D eigenvalue weighted by atomic mass is 10.0. The third-order valence-electron chi connectivity index (χ3n) is 6.11. The van der Waals surface area contributed by atoms with E-state index in [0.717, 1.165) is 10.5 Å². The van der Waals surface area contributed by atoms with Gasteiger partial charge in [0.2, 0.25) is 0 Å². The van der Waals surface area contributed by atoms with Gasteiger partial charge in [0, 0.05) is 30.6 Å². The summed E-state index contributed by atoms with van der Waals surface area (Å²) in [4.78, 5) is 36.3. The van der Waals surface area contributed by atoms with E-state index in [-0.39, 0.29) is 12.5 Å². The Morgan fingerprint density at radius 2 is 1.83 bits per heavy atom. The van der Waals surface area contributed by atoms with Crippen LogP contribution in [0.1, 0.15) is 25.8 Å². The molecular weight excluding hydrogens is 447 g/mol. The fourth-order valence-electron chi connectivity index (χ4n) is 4.11. The maximum Gasteiger partial charge on any atom is 0.332 e. The lowest BCUT2D eigenvalue weighted by Crippen LogP contribution is -2.44. The third kappa shape index (κ3) is 4.58. The predicted molar refractivity (Wildman–Crippen MR) is 131 cm³/mol. The first-order valence-electron chi connectivity index (χ1n) is 11.2. The maximum atomic E-state index is 14.6. The number of anilines is 1. The van der Waals surface area contributed by atoms with Gasteiger partial charge in [0.1, 0.15) is 17.1 Å². The minimum Gasteiger partial charge on any atom is -0.493 e. The van der Waals surface area contributed by atoms with Crippen LogP contribution in [0.2, 0.25) is 0 Å². The number of aromatic nitrogens is 1. The van der Waals surface area contributed by atoms with Crippen LogP contribution in [-0.2, 0) is 4.79 Å². The van der Waals surface area contributed by atoms with Crippen molar-refractivity contribution in [3.63, 3.8) is 0 Å². The monoisotopic (exact) mass is 472 g/mol. The van der Waals surface area contributed by atoms with E-state index in [1.54, 1.807) is 75.6 Å². The molecule has 8 heteroatoms. The minimum atomic E-state index is -1.03. The summed E-state index contributed by atoms with van der Waals surface area (Å²) < 4.78 is 20.3. The highest BCUT2D eigenvalue weighted by molar-refractivity contribution is 6.23. The summed E-state index contributed by atoms with van der Waals surface area (Å²) >= 11 is 0. The third-order valence-corrected chi connectivity index (χ3v) is 6.11. The van der Waals surface area contributed by atoms with Gasteiger partial charge in [-0.25, -0.2) is 18.9 Å². The Morgan fingerprint density at radius 1 is 1.09 bits per heavy atom. The summed E-state index contributed by atoms with van der Waals surface area (Å²) in [5.41, 5.74) is 1.79. The van der Waals surface area contributed by atoms with Gasteiger partial charge >= 0.3 is 6.03 Å². The summed E-state index contributed by atoms with van der Waals surface area (Å²) in [6.07, 6.45) is 3.67. The Kier molecular flexibility index (Phi) is 6.52. The van der Waals surface area contributed by atoms with Gasteiger partial charge in [-0.3, -0.25) is 9.78 Å². The van der Waals surface area contributed by atoms with Crippen LogP contribution >= 0.6 is 0 Å². The van der Waals surface area contributed by atoms with E-state index in [0.29, 0.717) is 41.2 Å². The quantitative estimate of drug-likeness (QED) is 0.249. The molecule has 1 saturated heterocycles. The van der Waals surface area contributed by atoms with Crippen molar-refractivity contribution in [2.45, 2.75) is 32.7 Å². The van der Waals surface area contributed by atoms with E-state index in [1.165, 1.54) is 11.0 Å². The van der Waals surface area contributed by atoms with E-state index < -0.39 is 17.4 Å². The number of carbonyl (C=O) groups excluding carboxylic acids is 2. The zero-order valence-electron chi connectivity index (χ0n) is 19.8. The molecule has 2 aromatic carbocycles. The number of hydrogen-bond acceptors (Lipinski definition) is 4. The van der Waals surface area contributed by atoms with E-state index in [2.05, 4.69) is 9.83 Å². The van der Waals surface area contributed by atoms with Gasteiger partial charge < -0.3 is 9.64 Å². The van der Waals surface area contributed by atoms with Crippen molar-refractivity contribution in [2.75, 3.05) is 18.1 Å². The van der Waals surface area contributed by atoms with Crippen LogP contribution in [0.25, 0.3) is 16.0 Å². The van der Waals surface area contributed by atoms with Gasteiger partial charge in [-0.15, -0.1) is 0 Å². The molecule has 1 aromatic heterocycles. The van der Waals surface area contributed by atoms with Crippen molar-refractivity contribution in [1.82, 2.24) is 9.88 Å². The molecule has 1 aliphatic heterocycles. The van der Waals surface area contributed by atoms with Crippen molar-refractivity contribution in [3.8, 4) is 16.9 Å². The maximum absolute atomic E-state index is 14.6. The van der Waals surface area contributed by atoms with Crippen LogP contribution in [0.5, 0.6) is 5.75 Å². The van der Waals surface area contributed by atoms with Crippen LogP contribution in [0.3, 0.4) is 0 Å². The number of aryl methyl sites for hydroxylation is 1. The molecule has 0 unspecified atom stereocenters. The van der Waals surface area contributed by atoms with Crippen LogP contribution < -0.4 is 9.64 Å². The Morgan fingerprint density at radius 3 is 2.49 bits per heavy atom. The molecule has 3 amide bonds. The van der Waals surface area contributed by atoms with Crippen LogP contribution in [0.4, 0.5) is 20.6 Å². The molecule has 35 heavy (non-hydrogen) atoms. The summed E-state index contributed by atoms with van der Waals surface area (Å²) in [6.45, 7) is 12.9. The predicted octanol–water partition coefficient (Wildman–Crippen LogP) is 5.76. The smallest absolute Gasteiger partial charge is 0.332 e. The Labute approximate surface area is 203 Å². The molecule has 1 aliphatic rings. The molecule has 178 valence electrons. The minimum absolute atomic E-state index is 0.251. The Bertz CT molecular complexity index is 1320. The average Bonchev–Trinajstić information content (AvgIpc) is 3.01. The first kappa shape index (κ1) is 23.9. The number of amides is 3. The number of imide groups is 1. The summed E-state index contributed by atoms with van der Waals surface area (Å²) in [7, 11) is 0. The fourth-order valence-corrected chi connectivity index (χ4v) is 4.11. The lowest BCUT2D eigenvalue weighted by Gasteiger charge is -2.27. The van der Waals surface area contributed by atoms with Gasteiger partial charge in [0.15, 0.2) is 5.69 Å². The van der Waals surface area contributed by atoms with Gasteiger partial charge in [0.05, 0.1) is 18.9 Å². The van der Waals surface area contributed by atoms with Crippen molar-refractivity contribution in [3.05, 3.63) is 83.7 Å². The molecule has 0 spiro atoms. The zero-order chi connectivity index (χ0) is 25.2. The molecule has 4 rings (SSSR count). The molecule has 0 atom stereocenters. The summed E-state index contributed by atoms with van der Waals surface area (Å²) in [5.74, 6) is -0.335. The van der Waals surface area contributed by atoms with Gasteiger partial charge in [0.25, 0.3) is 5.91 Å². The second kappa shape index (κ2) is 9.55. The van der Waals surface area contributed by atoms with Crippen molar-refractivity contribution < 1.29 is 18.7 Å². The molecular formula is C27H25FN4O3. The number of pyridine rings is 1. The zero-order valence-corrected chi connectivity index (χ0v) is 19.8. The molecule has 0 saturated carbocycles. The second-order valence-corrected chi connectivity index (χ2v) is 8.80. The van der Waals surface area contributed by atoms with Crippen LogP contribution in [0, 0.1) is 19.3 Å². The standard InChI is InChI=1S/C27H25FN4O3/c1-18-16-20(6-9-24(18)29-4)32-25(33)27(2,3)31(26(32)34)14-5-15-35-21-7-8-22(23(28)17-21)19-10-12-30-13-11-19/h6-13,16-17H,5,14-15H2,1-3H3. The van der Waals surface area contributed by atoms with E-state index in [1.807, 2.05) is 0 Å². The number of ether oxygens (including phenoxy) is 1. The van der Waals surface area contributed by atoms with Crippen LogP contribution in [0.15, 0.2) is 60.9 Å². The average molecular weight is 473 g/mol. The van der Waals surface area contributed by atoms with E-state index in [4.69, 9.17) is 11.3 Å². The molecule has 7 nitrogen and oxygen atoms in total. The molecule has 1 fully saturated rings. The normalized spacial score (nSPS) is 14.8. The van der Waals surface area contributed by atoms with Crippen molar-refractivity contribution in [1.29, 1.82) is 0 Å². The number of hydrogen-bond donors (Lipinski definition) is 0. The number of halogens is 1. The fraction of sp³-hybridized carbons (Fsp3) is 0.259. The van der Waals surface area contributed by atoms with E-state index in [9.17, 15) is 14.0 Å². The second-order valence-electron chi connectivity index (χ2n) is 8.80. The largest absolute Gasteiger partial charge is 0.493 e. The van der Waals surface area contributed by atoms with Gasteiger partial charge in [-0.2, -0.15) is 0 Å². The van der Waals surface area contributed by atoms with Crippen molar-refractivity contribution in [2.24, 2.45) is 0 Å². The first-order chi connectivity index (χ1) is 16.7. The molecule has 3 aromatic rings. The molecule has 0 N–H and O–H groups in total. The van der Waals surface area contributed by atoms with Gasteiger partial charge in [-0.1, -0.05) is 6.07 Å². The highest BCUT2D eigenvalue weighted by atomic mass is 19.1. The Balaban J connectivity index is 1.39. The highest BCUT2D eigenvalue weighted by Crippen LogP contribution is 2.34. The summed E-state index contributed by atoms with van der Waals surface area (Å²) in [5, 5.41) is 0. The number of carbonyl (C=O) groups is 2. The molecule has 0 bridgehead atoms. The molecule has 0 aliphatic carbocycles. The first-order valence-corrected chi connectivity index (χ1v) is 11.2. The highest BCUT2D eigenvalue weighted by Gasteiger charge is 2.51. The van der Waals surface area contributed by atoms with E-state index >= 15 is 0 Å². The van der Waals surface area contributed by atoms with Crippen LogP contribution in [-0.4, -0.2) is 40.5 Å². The molecule has 0 radical (unpaired) electrons. The lowest BCUT2D eigenvalue weighted by molar-refractivity contribution is -0.123. The number of nitrogens with zero attached hydrogens (tertiary/aromatic N) is 4. The Hall–Kier alpha value is -4.25.